The summed E-state index contributed by atoms with van der Waals surface area (Å²) < 4.78 is 0.946. The molecule has 2 unspecified atom stereocenters. The number of carbonyl (C=O) groups excluding carboxylic acids is 1. The summed E-state index contributed by atoms with van der Waals surface area (Å²) in [6.07, 6.45) is 0. The van der Waals surface area contributed by atoms with Crippen LogP contribution in [0.4, 0.5) is 5.69 Å². The summed E-state index contributed by atoms with van der Waals surface area (Å²) in [4.78, 5) is 12.2. The van der Waals surface area contributed by atoms with Gasteiger partial charge in [-0.25, -0.2) is 0 Å². The lowest BCUT2D eigenvalue weighted by Gasteiger charge is -2.19. The summed E-state index contributed by atoms with van der Waals surface area (Å²) in [5, 5.41) is 6.95. The summed E-state index contributed by atoms with van der Waals surface area (Å²) in [5.41, 5.74) is 2.79. The van der Waals surface area contributed by atoms with Crippen LogP contribution in [-0.2, 0) is 4.79 Å². The highest BCUT2D eigenvalue weighted by Gasteiger charge is 2.31. The average Bonchev–Trinajstić information content (AvgIpc) is 2.74. The fourth-order valence-corrected chi connectivity index (χ4v) is 3.23. The first-order valence-corrected chi connectivity index (χ1v) is 7.84. The van der Waals surface area contributed by atoms with Crippen molar-refractivity contribution in [3.8, 4) is 0 Å². The van der Waals surface area contributed by atoms with E-state index in [0.29, 0.717) is 5.02 Å². The van der Waals surface area contributed by atoms with Gasteiger partial charge in [0.05, 0.1) is 0 Å². The molecule has 3 nitrogen and oxygen atoms in total. The van der Waals surface area contributed by atoms with Crippen molar-refractivity contribution in [2.75, 3.05) is 5.32 Å². The van der Waals surface area contributed by atoms with E-state index in [0.717, 1.165) is 21.3 Å². The lowest BCUT2D eigenvalue weighted by molar-refractivity contribution is -0.117. The van der Waals surface area contributed by atoms with Gasteiger partial charge in [-0.2, -0.15) is 0 Å². The highest BCUT2D eigenvalue weighted by Crippen LogP contribution is 2.35. The highest BCUT2D eigenvalue weighted by atomic mass is 79.9. The molecule has 0 aliphatic carbocycles. The zero-order chi connectivity index (χ0) is 15.0. The van der Waals surface area contributed by atoms with Crippen molar-refractivity contribution < 1.29 is 4.79 Å². The Balaban J connectivity index is 1.86. The predicted molar refractivity (Wildman–Crippen MR) is 88.5 cm³/mol. The largest absolute Gasteiger partial charge is 0.324 e. The van der Waals surface area contributed by atoms with Crippen LogP contribution in [0, 0.1) is 0 Å². The van der Waals surface area contributed by atoms with Crippen LogP contribution in [0.15, 0.2) is 46.9 Å². The molecule has 2 N–H and O–H groups in total. The molecule has 0 bridgehead atoms. The Kier molecular flexibility index (Phi) is 4.02. The molecule has 108 valence electrons. The molecule has 0 saturated carbocycles. The van der Waals surface area contributed by atoms with Crippen molar-refractivity contribution in [3.63, 3.8) is 0 Å². The quantitative estimate of drug-likeness (QED) is 0.844. The lowest BCUT2D eigenvalue weighted by atomic mass is 10.0. The summed E-state index contributed by atoms with van der Waals surface area (Å²) in [6.45, 7) is 2.01. The van der Waals surface area contributed by atoms with Gasteiger partial charge in [-0.3, -0.25) is 10.1 Å². The molecule has 1 aliphatic rings. The normalized spacial score (nSPS) is 18.2. The van der Waals surface area contributed by atoms with Crippen LogP contribution in [0.5, 0.6) is 0 Å². The Labute approximate surface area is 136 Å². The number of amides is 1. The Hall–Kier alpha value is -1.36. The molecule has 1 heterocycles. The standard InChI is InChI=1S/C16H14BrClN2O/c1-9(11-4-2-3-5-13(11)18)19-15-12-7-6-10(17)8-14(12)20-16(15)21/h2-9,15,19H,1H3,(H,20,21). The second kappa shape index (κ2) is 5.79. The van der Waals surface area contributed by atoms with Crippen molar-refractivity contribution in [3.05, 3.63) is 63.1 Å². The Bertz CT molecular complexity index is 704. The minimum atomic E-state index is -0.362. The van der Waals surface area contributed by atoms with E-state index in [2.05, 4.69) is 26.6 Å². The van der Waals surface area contributed by atoms with Crippen molar-refractivity contribution in [2.24, 2.45) is 0 Å². The minimum absolute atomic E-state index is 0.0240. The lowest BCUT2D eigenvalue weighted by Crippen LogP contribution is -2.30. The van der Waals surface area contributed by atoms with Crippen LogP contribution in [0.1, 0.15) is 30.1 Å². The van der Waals surface area contributed by atoms with E-state index >= 15 is 0 Å². The van der Waals surface area contributed by atoms with E-state index in [1.165, 1.54) is 0 Å². The van der Waals surface area contributed by atoms with E-state index < -0.39 is 0 Å². The smallest absolute Gasteiger partial charge is 0.246 e. The Morgan fingerprint density at radius 1 is 1.29 bits per heavy atom. The van der Waals surface area contributed by atoms with E-state index in [4.69, 9.17) is 11.6 Å². The number of fused-ring (bicyclic) bond motifs is 1. The SMILES string of the molecule is CC(NC1C(=O)Nc2cc(Br)ccc21)c1ccccc1Cl. The van der Waals surface area contributed by atoms with E-state index in [1.807, 2.05) is 49.4 Å². The summed E-state index contributed by atoms with van der Waals surface area (Å²) in [6, 6.07) is 13.1. The van der Waals surface area contributed by atoms with Crippen molar-refractivity contribution in [1.82, 2.24) is 5.32 Å². The first kappa shape index (κ1) is 14.6. The Morgan fingerprint density at radius 2 is 2.05 bits per heavy atom. The van der Waals surface area contributed by atoms with E-state index in [1.54, 1.807) is 0 Å². The number of hydrogen-bond acceptors (Lipinski definition) is 2. The number of nitrogens with one attached hydrogen (secondary N) is 2. The maximum atomic E-state index is 12.2. The zero-order valence-corrected chi connectivity index (χ0v) is 13.7. The maximum absolute atomic E-state index is 12.2. The molecule has 1 amide bonds. The molecule has 3 rings (SSSR count). The predicted octanol–water partition coefficient (Wildman–Crippen LogP) is 4.45. The third-order valence-electron chi connectivity index (χ3n) is 3.63. The van der Waals surface area contributed by atoms with Gasteiger partial charge >= 0.3 is 0 Å². The molecule has 0 fully saturated rings. The first-order chi connectivity index (χ1) is 10.1. The fourth-order valence-electron chi connectivity index (χ4n) is 2.57. The number of hydrogen-bond donors (Lipinski definition) is 2. The topological polar surface area (TPSA) is 41.1 Å². The van der Waals surface area contributed by atoms with Crippen molar-refractivity contribution in [1.29, 1.82) is 0 Å². The number of rotatable bonds is 3. The Morgan fingerprint density at radius 3 is 2.81 bits per heavy atom. The molecular weight excluding hydrogens is 352 g/mol. The van der Waals surface area contributed by atoms with Crippen LogP contribution < -0.4 is 10.6 Å². The number of carbonyl (C=O) groups is 1. The molecule has 2 aromatic carbocycles. The van der Waals surface area contributed by atoms with Gasteiger partial charge in [0.1, 0.15) is 6.04 Å². The molecule has 0 saturated heterocycles. The zero-order valence-electron chi connectivity index (χ0n) is 11.4. The van der Waals surface area contributed by atoms with Gasteiger partial charge in [0, 0.05) is 26.8 Å². The van der Waals surface area contributed by atoms with Gasteiger partial charge in [0.2, 0.25) is 5.91 Å². The number of benzene rings is 2. The van der Waals surface area contributed by atoms with Gasteiger partial charge in [-0.15, -0.1) is 0 Å². The first-order valence-electron chi connectivity index (χ1n) is 6.67. The van der Waals surface area contributed by atoms with Gasteiger partial charge in [0.25, 0.3) is 0 Å². The van der Waals surface area contributed by atoms with Gasteiger partial charge in [-0.1, -0.05) is 51.8 Å². The number of anilines is 1. The minimum Gasteiger partial charge on any atom is -0.324 e. The molecular formula is C16H14BrClN2O. The average molecular weight is 366 g/mol. The van der Waals surface area contributed by atoms with Crippen LogP contribution in [0.2, 0.25) is 5.02 Å². The van der Waals surface area contributed by atoms with Crippen LogP contribution >= 0.6 is 27.5 Å². The fraction of sp³-hybridized carbons (Fsp3) is 0.188. The van der Waals surface area contributed by atoms with Crippen molar-refractivity contribution >= 4 is 39.1 Å². The molecule has 1 aliphatic heterocycles. The monoisotopic (exact) mass is 364 g/mol. The summed E-state index contributed by atoms with van der Waals surface area (Å²) >= 11 is 9.63. The number of halogens is 2. The highest BCUT2D eigenvalue weighted by molar-refractivity contribution is 9.10. The molecule has 5 heteroatoms. The molecule has 0 spiro atoms. The van der Waals surface area contributed by atoms with Crippen molar-refractivity contribution in [2.45, 2.75) is 19.0 Å². The van der Waals surface area contributed by atoms with E-state index in [-0.39, 0.29) is 18.0 Å². The third-order valence-corrected chi connectivity index (χ3v) is 4.47. The molecule has 0 radical (unpaired) electrons. The summed E-state index contributed by atoms with van der Waals surface area (Å²) in [7, 11) is 0. The van der Waals surface area contributed by atoms with Crippen LogP contribution in [0.3, 0.4) is 0 Å². The molecule has 2 aromatic rings. The van der Waals surface area contributed by atoms with Crippen LogP contribution in [0.25, 0.3) is 0 Å². The molecule has 21 heavy (non-hydrogen) atoms. The molecule has 2 atom stereocenters. The van der Waals surface area contributed by atoms with Gasteiger partial charge in [-0.05, 0) is 30.7 Å². The second-order valence-corrected chi connectivity index (χ2v) is 6.39. The second-order valence-electron chi connectivity index (χ2n) is 5.06. The van der Waals surface area contributed by atoms with E-state index in [9.17, 15) is 4.79 Å². The molecule has 0 aromatic heterocycles. The van der Waals surface area contributed by atoms with Gasteiger partial charge < -0.3 is 5.32 Å². The third kappa shape index (κ3) is 2.84. The van der Waals surface area contributed by atoms with Gasteiger partial charge in [0.15, 0.2) is 0 Å². The summed E-state index contributed by atoms with van der Waals surface area (Å²) in [5.74, 6) is -0.0398. The maximum Gasteiger partial charge on any atom is 0.246 e. The van der Waals surface area contributed by atoms with Crippen LogP contribution in [-0.4, -0.2) is 5.91 Å².